The molecule has 1 aliphatic rings. The van der Waals surface area contributed by atoms with Crippen molar-refractivity contribution in [3.63, 3.8) is 0 Å². The number of hydrogen-bond acceptors (Lipinski definition) is 2. The first-order chi connectivity index (χ1) is 8.74. The Balaban J connectivity index is 2.65. The van der Waals surface area contributed by atoms with E-state index in [0.29, 0.717) is 12.1 Å². The van der Waals surface area contributed by atoms with Gasteiger partial charge in [-0.05, 0) is 38.6 Å². The number of rotatable bonds is 6. The fourth-order valence-electron chi connectivity index (χ4n) is 3.58. The number of likely N-dealkylation sites (N-methyl/N-ethyl adjacent to an activating group) is 1. The van der Waals surface area contributed by atoms with Crippen LogP contribution in [0.1, 0.15) is 72.1 Å². The Morgan fingerprint density at radius 3 is 2.06 bits per heavy atom. The molecule has 18 heavy (non-hydrogen) atoms. The van der Waals surface area contributed by atoms with Gasteiger partial charge in [-0.2, -0.15) is 0 Å². The fourth-order valence-corrected chi connectivity index (χ4v) is 3.58. The fraction of sp³-hybridized carbons (Fsp3) is 1.00. The van der Waals surface area contributed by atoms with Gasteiger partial charge in [0.15, 0.2) is 0 Å². The molecule has 0 amide bonds. The van der Waals surface area contributed by atoms with E-state index in [4.69, 9.17) is 5.73 Å². The van der Waals surface area contributed by atoms with Gasteiger partial charge in [0.25, 0.3) is 0 Å². The zero-order chi connectivity index (χ0) is 13.4. The molecule has 1 fully saturated rings. The van der Waals surface area contributed by atoms with Crippen LogP contribution in [0.2, 0.25) is 0 Å². The first kappa shape index (κ1) is 16.0. The Labute approximate surface area is 114 Å². The summed E-state index contributed by atoms with van der Waals surface area (Å²) >= 11 is 0. The Morgan fingerprint density at radius 1 is 1.06 bits per heavy atom. The minimum absolute atomic E-state index is 0.614. The molecule has 0 radical (unpaired) electrons. The maximum Gasteiger partial charge on any atom is 0.0249 e. The smallest absolute Gasteiger partial charge is 0.0249 e. The zero-order valence-corrected chi connectivity index (χ0v) is 12.8. The lowest BCUT2D eigenvalue weighted by Crippen LogP contribution is -2.49. The molecule has 0 spiro atoms. The van der Waals surface area contributed by atoms with E-state index >= 15 is 0 Å². The van der Waals surface area contributed by atoms with E-state index in [1.165, 1.54) is 51.4 Å². The van der Waals surface area contributed by atoms with E-state index < -0.39 is 0 Å². The van der Waals surface area contributed by atoms with Crippen LogP contribution in [0.15, 0.2) is 0 Å². The maximum atomic E-state index is 6.12. The molecule has 0 bridgehead atoms. The van der Waals surface area contributed by atoms with E-state index in [-0.39, 0.29) is 0 Å². The standard InChI is InChI=1S/C16H34N2/c1-4-14(3)18(5-2)16(13-17)15-11-9-7-6-8-10-12-15/h14-16H,4-13,17H2,1-3H3. The van der Waals surface area contributed by atoms with Crippen molar-refractivity contribution in [3.8, 4) is 0 Å². The molecule has 1 aliphatic carbocycles. The van der Waals surface area contributed by atoms with Crippen LogP contribution < -0.4 is 5.73 Å². The van der Waals surface area contributed by atoms with Gasteiger partial charge >= 0.3 is 0 Å². The van der Waals surface area contributed by atoms with Crippen LogP contribution in [0.25, 0.3) is 0 Å². The van der Waals surface area contributed by atoms with Crippen LogP contribution in [0.3, 0.4) is 0 Å². The van der Waals surface area contributed by atoms with E-state index in [1.807, 2.05) is 0 Å². The maximum absolute atomic E-state index is 6.12. The minimum Gasteiger partial charge on any atom is -0.329 e. The summed E-state index contributed by atoms with van der Waals surface area (Å²) < 4.78 is 0. The molecule has 2 N–H and O–H groups in total. The average Bonchev–Trinajstić information content (AvgIpc) is 2.35. The van der Waals surface area contributed by atoms with Crippen molar-refractivity contribution in [2.24, 2.45) is 11.7 Å². The highest BCUT2D eigenvalue weighted by molar-refractivity contribution is 4.83. The predicted octanol–water partition coefficient (Wildman–Crippen LogP) is 3.79. The third kappa shape index (κ3) is 4.55. The average molecular weight is 254 g/mol. The van der Waals surface area contributed by atoms with Gasteiger partial charge in [-0.25, -0.2) is 0 Å². The van der Waals surface area contributed by atoms with E-state index in [0.717, 1.165) is 19.0 Å². The van der Waals surface area contributed by atoms with Gasteiger partial charge in [0, 0.05) is 18.6 Å². The second-order valence-corrected chi connectivity index (χ2v) is 6.00. The molecular weight excluding hydrogens is 220 g/mol. The Morgan fingerprint density at radius 2 is 1.61 bits per heavy atom. The quantitative estimate of drug-likeness (QED) is 0.781. The molecular formula is C16H34N2. The lowest BCUT2D eigenvalue weighted by Gasteiger charge is -2.40. The third-order valence-electron chi connectivity index (χ3n) is 4.88. The molecule has 2 nitrogen and oxygen atoms in total. The molecule has 1 saturated carbocycles. The zero-order valence-electron chi connectivity index (χ0n) is 12.8. The largest absolute Gasteiger partial charge is 0.329 e. The molecule has 1 rings (SSSR count). The number of nitrogens with zero attached hydrogens (tertiary/aromatic N) is 1. The van der Waals surface area contributed by atoms with Crippen LogP contribution in [-0.2, 0) is 0 Å². The summed E-state index contributed by atoms with van der Waals surface area (Å²) in [6.07, 6.45) is 11.2. The van der Waals surface area contributed by atoms with E-state index in [1.54, 1.807) is 0 Å². The van der Waals surface area contributed by atoms with Gasteiger partial charge in [0.1, 0.15) is 0 Å². The third-order valence-corrected chi connectivity index (χ3v) is 4.88. The summed E-state index contributed by atoms with van der Waals surface area (Å²) in [6.45, 7) is 8.92. The molecule has 2 unspecified atom stereocenters. The molecule has 0 heterocycles. The Kier molecular flexibility index (Phi) is 7.92. The second kappa shape index (κ2) is 8.92. The van der Waals surface area contributed by atoms with E-state index in [2.05, 4.69) is 25.7 Å². The van der Waals surface area contributed by atoms with Crippen molar-refractivity contribution < 1.29 is 0 Å². The van der Waals surface area contributed by atoms with Gasteiger partial charge in [-0.15, -0.1) is 0 Å². The lowest BCUT2D eigenvalue weighted by molar-refractivity contribution is 0.0940. The second-order valence-electron chi connectivity index (χ2n) is 6.00. The highest BCUT2D eigenvalue weighted by atomic mass is 15.2. The van der Waals surface area contributed by atoms with Gasteiger partial charge < -0.3 is 5.73 Å². The topological polar surface area (TPSA) is 29.3 Å². The van der Waals surface area contributed by atoms with Crippen molar-refractivity contribution in [3.05, 3.63) is 0 Å². The van der Waals surface area contributed by atoms with Gasteiger partial charge in [-0.1, -0.05) is 46.0 Å². The molecule has 0 aliphatic heterocycles. The van der Waals surface area contributed by atoms with Crippen LogP contribution in [0.5, 0.6) is 0 Å². The van der Waals surface area contributed by atoms with Crippen LogP contribution in [-0.4, -0.2) is 30.1 Å². The van der Waals surface area contributed by atoms with Crippen molar-refractivity contribution in [1.82, 2.24) is 4.90 Å². The Bertz CT molecular complexity index is 197. The first-order valence-electron chi connectivity index (χ1n) is 8.20. The highest BCUT2D eigenvalue weighted by Crippen LogP contribution is 2.28. The molecule has 2 atom stereocenters. The summed E-state index contributed by atoms with van der Waals surface area (Å²) in [6, 6.07) is 1.29. The predicted molar refractivity (Wildman–Crippen MR) is 80.8 cm³/mol. The summed E-state index contributed by atoms with van der Waals surface area (Å²) in [4.78, 5) is 2.66. The number of nitrogens with two attached hydrogens (primary N) is 1. The van der Waals surface area contributed by atoms with Gasteiger partial charge in [0.05, 0.1) is 0 Å². The molecule has 2 heteroatoms. The molecule has 0 aromatic heterocycles. The van der Waals surface area contributed by atoms with Crippen molar-refractivity contribution in [2.45, 2.75) is 84.2 Å². The minimum atomic E-state index is 0.614. The lowest BCUT2D eigenvalue weighted by atomic mass is 9.84. The summed E-state index contributed by atoms with van der Waals surface area (Å²) in [5, 5.41) is 0. The monoisotopic (exact) mass is 254 g/mol. The molecule has 108 valence electrons. The molecule has 0 aromatic rings. The summed E-state index contributed by atoms with van der Waals surface area (Å²) in [7, 11) is 0. The van der Waals surface area contributed by atoms with Crippen molar-refractivity contribution in [1.29, 1.82) is 0 Å². The molecule has 0 aromatic carbocycles. The summed E-state index contributed by atoms with van der Waals surface area (Å²) in [5.74, 6) is 0.837. The van der Waals surface area contributed by atoms with Crippen LogP contribution in [0.4, 0.5) is 0 Å². The van der Waals surface area contributed by atoms with Gasteiger partial charge in [-0.3, -0.25) is 4.90 Å². The normalized spacial score (nSPS) is 22.5. The van der Waals surface area contributed by atoms with Crippen molar-refractivity contribution >= 4 is 0 Å². The highest BCUT2D eigenvalue weighted by Gasteiger charge is 2.27. The van der Waals surface area contributed by atoms with Gasteiger partial charge in [0.2, 0.25) is 0 Å². The SMILES string of the molecule is CCC(C)N(CC)C(CN)C1CCCCCCC1. The van der Waals surface area contributed by atoms with Crippen LogP contribution >= 0.6 is 0 Å². The number of hydrogen-bond donors (Lipinski definition) is 1. The Hall–Kier alpha value is -0.0800. The summed E-state index contributed by atoms with van der Waals surface area (Å²) in [5.41, 5.74) is 6.12. The van der Waals surface area contributed by atoms with Crippen molar-refractivity contribution in [2.75, 3.05) is 13.1 Å². The van der Waals surface area contributed by atoms with Crippen LogP contribution in [0, 0.1) is 5.92 Å². The molecule has 0 saturated heterocycles. The first-order valence-corrected chi connectivity index (χ1v) is 8.20. The van der Waals surface area contributed by atoms with E-state index in [9.17, 15) is 0 Å².